The molecule has 0 atom stereocenters. The van der Waals surface area contributed by atoms with E-state index in [1.54, 1.807) is 12.1 Å². The maximum Gasteiger partial charge on any atom is 0.223 e. The van der Waals surface area contributed by atoms with Crippen molar-refractivity contribution in [2.75, 3.05) is 12.3 Å². The van der Waals surface area contributed by atoms with E-state index in [0.717, 1.165) is 18.5 Å². The van der Waals surface area contributed by atoms with Crippen molar-refractivity contribution < 1.29 is 9.90 Å². The van der Waals surface area contributed by atoms with Crippen LogP contribution in [0.15, 0.2) is 42.5 Å². The van der Waals surface area contributed by atoms with Gasteiger partial charge in [0, 0.05) is 19.5 Å². The van der Waals surface area contributed by atoms with Crippen LogP contribution in [0.3, 0.4) is 0 Å². The summed E-state index contributed by atoms with van der Waals surface area (Å²) in [4.78, 5) is 14.3. The average molecular weight is 296 g/mol. The Labute approximate surface area is 130 Å². The minimum atomic E-state index is 0.0858. The summed E-state index contributed by atoms with van der Waals surface area (Å²) in [5.74, 6) is 0.254. The number of fused-ring (bicyclic) bond motifs is 1. The van der Waals surface area contributed by atoms with Crippen molar-refractivity contribution in [1.82, 2.24) is 4.90 Å². The SMILES string of the molecule is Nc1cc(CCC(=O)N2CCc3ccccc3C2)ccc1O. The summed E-state index contributed by atoms with van der Waals surface area (Å²) in [6.07, 6.45) is 2.03. The molecule has 0 fully saturated rings. The molecule has 4 nitrogen and oxygen atoms in total. The number of anilines is 1. The largest absolute Gasteiger partial charge is 0.506 e. The maximum atomic E-state index is 12.4. The number of rotatable bonds is 3. The van der Waals surface area contributed by atoms with Crippen LogP contribution in [0.4, 0.5) is 5.69 Å². The number of aryl methyl sites for hydroxylation is 1. The Bertz CT molecular complexity index is 697. The van der Waals surface area contributed by atoms with Gasteiger partial charge < -0.3 is 15.7 Å². The van der Waals surface area contributed by atoms with E-state index in [-0.39, 0.29) is 11.7 Å². The molecule has 1 amide bonds. The summed E-state index contributed by atoms with van der Waals surface area (Å²) >= 11 is 0. The molecule has 114 valence electrons. The van der Waals surface area contributed by atoms with Crippen LogP contribution in [-0.2, 0) is 24.2 Å². The van der Waals surface area contributed by atoms with Crippen LogP contribution in [0, 0.1) is 0 Å². The van der Waals surface area contributed by atoms with Gasteiger partial charge in [0.1, 0.15) is 5.75 Å². The van der Waals surface area contributed by atoms with Crippen molar-refractivity contribution >= 4 is 11.6 Å². The van der Waals surface area contributed by atoms with Gasteiger partial charge in [0.15, 0.2) is 0 Å². The number of nitrogens with zero attached hydrogens (tertiary/aromatic N) is 1. The van der Waals surface area contributed by atoms with Crippen molar-refractivity contribution in [3.05, 3.63) is 59.2 Å². The van der Waals surface area contributed by atoms with E-state index in [2.05, 4.69) is 12.1 Å². The molecule has 22 heavy (non-hydrogen) atoms. The van der Waals surface area contributed by atoms with Gasteiger partial charge in [0.2, 0.25) is 5.91 Å². The lowest BCUT2D eigenvalue weighted by molar-refractivity contribution is -0.132. The molecule has 3 rings (SSSR count). The van der Waals surface area contributed by atoms with E-state index in [1.165, 1.54) is 11.1 Å². The molecule has 0 aromatic heterocycles. The minimum absolute atomic E-state index is 0.0858. The number of nitrogen functional groups attached to an aromatic ring is 1. The summed E-state index contributed by atoms with van der Waals surface area (Å²) in [6.45, 7) is 1.49. The number of carbonyl (C=O) groups excluding carboxylic acids is 1. The van der Waals surface area contributed by atoms with Crippen molar-refractivity contribution in [2.24, 2.45) is 0 Å². The average Bonchev–Trinajstić information content (AvgIpc) is 2.55. The maximum absolute atomic E-state index is 12.4. The third-order valence-electron chi connectivity index (χ3n) is 4.20. The first-order chi connectivity index (χ1) is 10.6. The van der Waals surface area contributed by atoms with Gasteiger partial charge in [-0.1, -0.05) is 30.3 Å². The van der Waals surface area contributed by atoms with Gasteiger partial charge >= 0.3 is 0 Å². The van der Waals surface area contributed by atoms with E-state index in [1.807, 2.05) is 23.1 Å². The number of aromatic hydroxyl groups is 1. The van der Waals surface area contributed by atoms with Gasteiger partial charge in [-0.05, 0) is 41.7 Å². The highest BCUT2D eigenvalue weighted by atomic mass is 16.3. The molecule has 3 N–H and O–H groups in total. The zero-order chi connectivity index (χ0) is 15.5. The highest BCUT2D eigenvalue weighted by Crippen LogP contribution is 2.22. The van der Waals surface area contributed by atoms with Gasteiger partial charge in [0.25, 0.3) is 0 Å². The molecule has 0 bridgehead atoms. The van der Waals surface area contributed by atoms with Crippen LogP contribution in [0.1, 0.15) is 23.1 Å². The second-order valence-electron chi connectivity index (χ2n) is 5.73. The molecular formula is C18H20N2O2. The van der Waals surface area contributed by atoms with Crippen LogP contribution in [0.2, 0.25) is 0 Å². The van der Waals surface area contributed by atoms with Crippen LogP contribution in [0.5, 0.6) is 5.75 Å². The molecule has 4 heteroatoms. The summed E-state index contributed by atoms with van der Waals surface area (Å²) in [7, 11) is 0. The molecule has 0 saturated carbocycles. The van der Waals surface area contributed by atoms with Gasteiger partial charge in [-0.25, -0.2) is 0 Å². The number of benzene rings is 2. The Morgan fingerprint density at radius 1 is 1.18 bits per heavy atom. The Balaban J connectivity index is 1.60. The van der Waals surface area contributed by atoms with Crippen LogP contribution < -0.4 is 5.73 Å². The first-order valence-corrected chi connectivity index (χ1v) is 7.55. The summed E-state index contributed by atoms with van der Waals surface area (Å²) in [5.41, 5.74) is 9.60. The third kappa shape index (κ3) is 3.06. The number of carbonyl (C=O) groups is 1. The molecule has 1 aliphatic rings. The molecular weight excluding hydrogens is 276 g/mol. The predicted molar refractivity (Wildman–Crippen MR) is 86.4 cm³/mol. The van der Waals surface area contributed by atoms with Gasteiger partial charge in [-0.2, -0.15) is 0 Å². The number of phenols is 1. The number of hydrogen-bond acceptors (Lipinski definition) is 3. The Hall–Kier alpha value is -2.49. The number of hydrogen-bond donors (Lipinski definition) is 2. The van der Waals surface area contributed by atoms with E-state index in [9.17, 15) is 9.90 Å². The third-order valence-corrected chi connectivity index (χ3v) is 4.20. The predicted octanol–water partition coefficient (Wildman–Crippen LogP) is 2.49. The van der Waals surface area contributed by atoms with Gasteiger partial charge in [-0.15, -0.1) is 0 Å². The Morgan fingerprint density at radius 2 is 1.95 bits per heavy atom. The van der Waals surface area contributed by atoms with Crippen LogP contribution >= 0.6 is 0 Å². The van der Waals surface area contributed by atoms with Crippen molar-refractivity contribution in [3.8, 4) is 5.75 Å². The number of phenolic OH excluding ortho intramolecular Hbond substituents is 1. The molecule has 0 spiro atoms. The molecule has 0 saturated heterocycles. The zero-order valence-corrected chi connectivity index (χ0v) is 12.5. The van der Waals surface area contributed by atoms with Gasteiger partial charge in [0.05, 0.1) is 5.69 Å². The normalized spacial score (nSPS) is 13.7. The van der Waals surface area contributed by atoms with E-state index >= 15 is 0 Å². The number of amides is 1. The van der Waals surface area contributed by atoms with Crippen molar-refractivity contribution in [2.45, 2.75) is 25.8 Å². The van der Waals surface area contributed by atoms with Crippen LogP contribution in [0.25, 0.3) is 0 Å². The lowest BCUT2D eigenvalue weighted by Gasteiger charge is -2.29. The second kappa shape index (κ2) is 6.10. The van der Waals surface area contributed by atoms with E-state index in [4.69, 9.17) is 5.73 Å². The molecule has 0 unspecified atom stereocenters. The van der Waals surface area contributed by atoms with Crippen molar-refractivity contribution in [1.29, 1.82) is 0 Å². The molecule has 0 radical (unpaired) electrons. The standard InChI is InChI=1S/C18H20N2O2/c19-16-11-13(5-7-17(16)21)6-8-18(22)20-10-9-14-3-1-2-4-15(14)12-20/h1-5,7,11,21H,6,8-10,12,19H2. The fraction of sp³-hybridized carbons (Fsp3) is 0.278. The highest BCUT2D eigenvalue weighted by Gasteiger charge is 2.19. The summed E-state index contributed by atoms with van der Waals surface area (Å²) in [6, 6.07) is 13.4. The lowest BCUT2D eigenvalue weighted by atomic mass is 9.99. The summed E-state index contributed by atoms with van der Waals surface area (Å²) in [5, 5.41) is 9.42. The van der Waals surface area contributed by atoms with Crippen LogP contribution in [-0.4, -0.2) is 22.5 Å². The van der Waals surface area contributed by atoms with Gasteiger partial charge in [-0.3, -0.25) is 4.79 Å². The smallest absolute Gasteiger partial charge is 0.223 e. The minimum Gasteiger partial charge on any atom is -0.506 e. The lowest BCUT2D eigenvalue weighted by Crippen LogP contribution is -2.36. The first kappa shape index (κ1) is 14.4. The molecule has 2 aromatic rings. The second-order valence-corrected chi connectivity index (χ2v) is 5.73. The van der Waals surface area contributed by atoms with E-state index in [0.29, 0.717) is 25.1 Å². The monoisotopic (exact) mass is 296 g/mol. The molecule has 2 aromatic carbocycles. The fourth-order valence-electron chi connectivity index (χ4n) is 2.88. The highest BCUT2D eigenvalue weighted by molar-refractivity contribution is 5.77. The fourth-order valence-corrected chi connectivity index (χ4v) is 2.88. The number of nitrogens with two attached hydrogens (primary N) is 1. The quantitative estimate of drug-likeness (QED) is 0.675. The Kier molecular flexibility index (Phi) is 4.00. The molecule has 1 heterocycles. The topological polar surface area (TPSA) is 66.6 Å². The van der Waals surface area contributed by atoms with E-state index < -0.39 is 0 Å². The summed E-state index contributed by atoms with van der Waals surface area (Å²) < 4.78 is 0. The zero-order valence-electron chi connectivity index (χ0n) is 12.5. The Morgan fingerprint density at radius 3 is 2.73 bits per heavy atom. The first-order valence-electron chi connectivity index (χ1n) is 7.55. The molecule has 0 aliphatic carbocycles. The van der Waals surface area contributed by atoms with Crippen molar-refractivity contribution in [3.63, 3.8) is 0 Å². The molecule has 1 aliphatic heterocycles.